The molecule has 4 rings (SSSR count). The number of benzene rings is 2. The number of amides is 1. The Balaban J connectivity index is 1.57. The van der Waals surface area contributed by atoms with Gasteiger partial charge < -0.3 is 5.32 Å². The molecule has 0 radical (unpaired) electrons. The van der Waals surface area contributed by atoms with E-state index in [9.17, 15) is 14.4 Å². The first-order valence-electron chi connectivity index (χ1n) is 10.2. The van der Waals surface area contributed by atoms with Crippen molar-refractivity contribution in [2.24, 2.45) is 0 Å². The molecule has 0 aliphatic carbocycles. The number of nitrogens with one attached hydrogen (secondary N) is 1. The summed E-state index contributed by atoms with van der Waals surface area (Å²) in [7, 11) is 0. The highest BCUT2D eigenvalue weighted by Crippen LogP contribution is 2.17. The summed E-state index contributed by atoms with van der Waals surface area (Å²) in [5, 5.41) is 4.65. The van der Waals surface area contributed by atoms with Gasteiger partial charge >= 0.3 is 5.69 Å². The fourth-order valence-corrected chi connectivity index (χ4v) is 4.46. The fraction of sp³-hybridized carbons (Fsp3) is 0.208. The van der Waals surface area contributed by atoms with Crippen LogP contribution in [0.25, 0.3) is 15.9 Å². The van der Waals surface area contributed by atoms with Crippen LogP contribution in [0.1, 0.15) is 17.5 Å². The van der Waals surface area contributed by atoms with E-state index in [2.05, 4.69) is 17.4 Å². The Labute approximate surface area is 183 Å². The second-order valence-electron chi connectivity index (χ2n) is 7.37. The first-order valence-corrected chi connectivity index (χ1v) is 11.0. The summed E-state index contributed by atoms with van der Waals surface area (Å²) < 4.78 is 3.00. The maximum absolute atomic E-state index is 13.3. The second kappa shape index (κ2) is 9.14. The molecule has 2 aromatic heterocycles. The first-order chi connectivity index (χ1) is 15.1. The molecule has 4 aromatic rings. The molecule has 0 saturated carbocycles. The van der Waals surface area contributed by atoms with Gasteiger partial charge in [-0.3, -0.25) is 14.2 Å². The van der Waals surface area contributed by atoms with Crippen LogP contribution in [0.3, 0.4) is 0 Å². The van der Waals surface area contributed by atoms with E-state index in [4.69, 9.17) is 0 Å². The maximum Gasteiger partial charge on any atom is 0.336 e. The summed E-state index contributed by atoms with van der Waals surface area (Å²) in [6.45, 7) is 2.24. The third-order valence-electron chi connectivity index (χ3n) is 5.22. The average molecular weight is 434 g/mol. The summed E-state index contributed by atoms with van der Waals surface area (Å²) in [5.41, 5.74) is 2.19. The smallest absolute Gasteiger partial charge is 0.336 e. The second-order valence-corrected chi connectivity index (χ2v) is 8.29. The van der Waals surface area contributed by atoms with E-state index in [0.717, 1.165) is 23.0 Å². The van der Waals surface area contributed by atoms with Crippen molar-refractivity contribution >= 4 is 27.5 Å². The molecule has 0 aliphatic rings. The van der Waals surface area contributed by atoms with Gasteiger partial charge in [0, 0.05) is 6.54 Å². The third-order valence-corrected chi connectivity index (χ3v) is 6.11. The molecule has 31 heavy (non-hydrogen) atoms. The third kappa shape index (κ3) is 4.36. The number of nitrogens with zero attached hydrogens (tertiary/aromatic N) is 2. The Morgan fingerprint density at radius 2 is 1.74 bits per heavy atom. The molecular formula is C24H23N3O3S. The molecule has 0 atom stereocenters. The minimum atomic E-state index is -0.510. The van der Waals surface area contributed by atoms with Crippen LogP contribution in [-0.4, -0.2) is 21.6 Å². The molecule has 6 nitrogen and oxygen atoms in total. The van der Waals surface area contributed by atoms with Crippen LogP contribution in [0, 0.1) is 6.92 Å². The van der Waals surface area contributed by atoms with E-state index in [-0.39, 0.29) is 18.0 Å². The lowest BCUT2D eigenvalue weighted by molar-refractivity contribution is -0.121. The summed E-state index contributed by atoms with van der Waals surface area (Å²) in [4.78, 5) is 38.8. The number of aryl methyl sites for hydroxylation is 2. The Morgan fingerprint density at radius 1 is 1.00 bits per heavy atom. The largest absolute Gasteiger partial charge is 0.355 e. The van der Waals surface area contributed by atoms with Crippen molar-refractivity contribution in [1.82, 2.24) is 14.5 Å². The minimum Gasteiger partial charge on any atom is -0.355 e. The highest BCUT2D eigenvalue weighted by Gasteiger charge is 2.18. The van der Waals surface area contributed by atoms with E-state index in [0.29, 0.717) is 22.4 Å². The van der Waals surface area contributed by atoms with Gasteiger partial charge in [0.25, 0.3) is 5.56 Å². The van der Waals surface area contributed by atoms with Gasteiger partial charge in [-0.05, 0) is 48.4 Å². The van der Waals surface area contributed by atoms with Gasteiger partial charge in [0.1, 0.15) is 11.2 Å². The lowest BCUT2D eigenvalue weighted by Crippen LogP contribution is -2.41. The van der Waals surface area contributed by atoms with Crippen molar-refractivity contribution in [2.45, 2.75) is 26.3 Å². The highest BCUT2D eigenvalue weighted by molar-refractivity contribution is 7.17. The summed E-state index contributed by atoms with van der Waals surface area (Å²) in [6.07, 6.45) is 1.68. The molecular weight excluding hydrogens is 410 g/mol. The summed E-state index contributed by atoms with van der Waals surface area (Å²) in [6, 6.07) is 19.0. The van der Waals surface area contributed by atoms with Gasteiger partial charge in [-0.2, -0.15) is 0 Å². The number of rotatable bonds is 7. The van der Waals surface area contributed by atoms with Crippen LogP contribution in [-0.2, 0) is 17.8 Å². The minimum absolute atomic E-state index is 0.135. The van der Waals surface area contributed by atoms with E-state index in [1.807, 2.05) is 37.3 Å². The number of carbonyl (C=O) groups is 1. The van der Waals surface area contributed by atoms with Crippen LogP contribution < -0.4 is 16.6 Å². The molecule has 7 heteroatoms. The van der Waals surface area contributed by atoms with Gasteiger partial charge in [-0.1, -0.05) is 48.5 Å². The van der Waals surface area contributed by atoms with Crippen LogP contribution in [0.2, 0.25) is 0 Å². The van der Waals surface area contributed by atoms with Crippen molar-refractivity contribution < 1.29 is 4.79 Å². The van der Waals surface area contributed by atoms with Crippen molar-refractivity contribution in [3.63, 3.8) is 0 Å². The normalized spacial score (nSPS) is 11.0. The molecule has 0 spiro atoms. The van der Waals surface area contributed by atoms with Crippen molar-refractivity contribution in [3.05, 3.63) is 98.0 Å². The number of carbonyl (C=O) groups excluding carboxylic acids is 1. The molecule has 2 aromatic carbocycles. The Hall–Kier alpha value is -3.45. The molecule has 2 heterocycles. The highest BCUT2D eigenvalue weighted by atomic mass is 32.1. The van der Waals surface area contributed by atoms with E-state index in [1.165, 1.54) is 21.5 Å². The number of thiophene rings is 1. The van der Waals surface area contributed by atoms with Crippen molar-refractivity contribution in [2.75, 3.05) is 6.54 Å². The van der Waals surface area contributed by atoms with E-state index in [1.54, 1.807) is 23.6 Å². The molecule has 0 unspecified atom stereocenters. The molecule has 158 valence electrons. The number of hydrogen-bond donors (Lipinski definition) is 1. The monoisotopic (exact) mass is 433 g/mol. The van der Waals surface area contributed by atoms with E-state index < -0.39 is 5.69 Å². The number of aromatic nitrogens is 2. The first kappa shape index (κ1) is 20.8. The summed E-state index contributed by atoms with van der Waals surface area (Å²) >= 11 is 1.27. The molecule has 0 bridgehead atoms. The quantitative estimate of drug-likeness (QED) is 0.455. The van der Waals surface area contributed by atoms with Crippen LogP contribution >= 0.6 is 11.3 Å². The molecule has 0 saturated heterocycles. The number of hydrogen-bond acceptors (Lipinski definition) is 4. The lowest BCUT2D eigenvalue weighted by Gasteiger charge is -2.13. The Kier molecular flexibility index (Phi) is 6.13. The zero-order valence-electron chi connectivity index (χ0n) is 17.2. The van der Waals surface area contributed by atoms with Gasteiger partial charge in [0.2, 0.25) is 5.91 Å². The van der Waals surface area contributed by atoms with Gasteiger partial charge in [0.05, 0.1) is 11.2 Å². The van der Waals surface area contributed by atoms with Crippen molar-refractivity contribution in [3.8, 4) is 5.69 Å². The van der Waals surface area contributed by atoms with Crippen LogP contribution in [0.5, 0.6) is 0 Å². The van der Waals surface area contributed by atoms with Gasteiger partial charge in [0.15, 0.2) is 0 Å². The van der Waals surface area contributed by atoms with Crippen molar-refractivity contribution in [1.29, 1.82) is 0 Å². The topological polar surface area (TPSA) is 73.1 Å². The van der Waals surface area contributed by atoms with Crippen LogP contribution in [0.15, 0.2) is 75.6 Å². The van der Waals surface area contributed by atoms with Crippen LogP contribution in [0.4, 0.5) is 0 Å². The summed E-state index contributed by atoms with van der Waals surface area (Å²) in [5.74, 6) is -0.252. The maximum atomic E-state index is 13.3. The zero-order valence-corrected chi connectivity index (χ0v) is 18.0. The Morgan fingerprint density at radius 3 is 2.52 bits per heavy atom. The standard InChI is InChI=1S/C24H23N3O3S/c1-17-8-5-6-12-19(17)27-23(29)22-20(13-15-31-22)26(24(27)30)16-21(28)25-14-7-11-18-9-3-2-4-10-18/h2-6,8-10,12-13,15H,7,11,14,16H2,1H3,(H,25,28). The van der Waals surface area contributed by atoms with Gasteiger partial charge in [-0.15, -0.1) is 11.3 Å². The molecule has 1 amide bonds. The Bertz CT molecular complexity index is 1340. The average Bonchev–Trinajstić information content (AvgIpc) is 3.26. The molecule has 0 aliphatic heterocycles. The van der Waals surface area contributed by atoms with E-state index >= 15 is 0 Å². The molecule has 0 fully saturated rings. The lowest BCUT2D eigenvalue weighted by atomic mass is 10.1. The SMILES string of the molecule is Cc1ccccc1-n1c(=O)c2sccc2n(CC(=O)NCCCc2ccccc2)c1=O. The number of para-hydroxylation sites is 1. The number of fused-ring (bicyclic) bond motifs is 1. The van der Waals surface area contributed by atoms with Gasteiger partial charge in [-0.25, -0.2) is 9.36 Å². The fourth-order valence-electron chi connectivity index (χ4n) is 3.63. The molecule has 1 N–H and O–H groups in total. The zero-order chi connectivity index (χ0) is 21.8. The predicted octanol–water partition coefficient (Wildman–Crippen LogP) is 3.27. The predicted molar refractivity (Wildman–Crippen MR) is 124 cm³/mol.